The average molecular weight is 237 g/mol. The van der Waals surface area contributed by atoms with Gasteiger partial charge in [-0.3, -0.25) is 0 Å². The fourth-order valence-corrected chi connectivity index (χ4v) is 1.73. The summed E-state index contributed by atoms with van der Waals surface area (Å²) in [7, 11) is 0. The molecule has 0 atom stereocenters. The Morgan fingerprint density at radius 1 is 1.27 bits per heavy atom. The molecule has 2 aromatic rings. The van der Waals surface area contributed by atoms with Gasteiger partial charge in [0.1, 0.15) is 6.07 Å². The highest BCUT2D eigenvalue weighted by Crippen LogP contribution is 2.32. The van der Waals surface area contributed by atoms with Crippen LogP contribution >= 0.6 is 23.2 Å². The largest absolute Gasteiger partial charge is 0.360 e. The van der Waals surface area contributed by atoms with Crippen molar-refractivity contribution in [2.45, 2.75) is 0 Å². The lowest BCUT2D eigenvalue weighted by molar-refractivity contribution is 1.39. The first-order valence-electron chi connectivity index (χ1n) is 4.25. The van der Waals surface area contributed by atoms with Crippen molar-refractivity contribution in [2.24, 2.45) is 0 Å². The van der Waals surface area contributed by atoms with Crippen molar-refractivity contribution in [1.82, 2.24) is 4.98 Å². The van der Waals surface area contributed by atoms with E-state index in [4.69, 9.17) is 28.5 Å². The number of hydrogen-bond acceptors (Lipinski definition) is 1. The second kappa shape index (κ2) is 3.98. The van der Waals surface area contributed by atoms with Crippen LogP contribution in [0.25, 0.3) is 11.3 Å². The van der Waals surface area contributed by atoms with Crippen LogP contribution in [0.4, 0.5) is 0 Å². The summed E-state index contributed by atoms with van der Waals surface area (Å²) in [4.78, 5) is 2.98. The summed E-state index contributed by atoms with van der Waals surface area (Å²) in [5, 5.41) is 9.69. The van der Waals surface area contributed by atoms with Crippen LogP contribution < -0.4 is 0 Å². The smallest absolute Gasteiger partial charge is 0.101 e. The third-order valence-electron chi connectivity index (χ3n) is 2.05. The fraction of sp³-hybridized carbons (Fsp3) is 0. The van der Waals surface area contributed by atoms with E-state index in [1.165, 1.54) is 0 Å². The summed E-state index contributed by atoms with van der Waals surface area (Å²) in [5.41, 5.74) is 2.16. The summed E-state index contributed by atoms with van der Waals surface area (Å²) in [6.45, 7) is 0. The lowest BCUT2D eigenvalue weighted by Gasteiger charge is -2.02. The third-order valence-corrected chi connectivity index (χ3v) is 2.87. The molecule has 0 bridgehead atoms. The molecule has 0 saturated heterocycles. The molecule has 1 N–H and O–H groups in total. The zero-order valence-corrected chi connectivity index (χ0v) is 9.10. The van der Waals surface area contributed by atoms with Gasteiger partial charge in [-0.25, -0.2) is 0 Å². The van der Waals surface area contributed by atoms with Crippen molar-refractivity contribution in [2.75, 3.05) is 0 Å². The Hall–Kier alpha value is -1.43. The molecule has 0 radical (unpaired) electrons. The molecule has 1 aromatic carbocycles. The lowest BCUT2D eigenvalue weighted by atomic mass is 10.1. The molecule has 0 aliphatic carbocycles. The Balaban J connectivity index is 2.55. The molecule has 0 aliphatic rings. The second-order valence-corrected chi connectivity index (χ2v) is 3.80. The quantitative estimate of drug-likeness (QED) is 0.803. The molecule has 0 fully saturated rings. The fourth-order valence-electron chi connectivity index (χ4n) is 1.33. The molecular formula is C11H6Cl2N2. The van der Waals surface area contributed by atoms with Gasteiger partial charge in [-0.15, -0.1) is 0 Å². The zero-order valence-electron chi connectivity index (χ0n) is 7.59. The van der Waals surface area contributed by atoms with E-state index in [1.807, 2.05) is 18.2 Å². The van der Waals surface area contributed by atoms with Crippen molar-refractivity contribution < 1.29 is 0 Å². The number of halogens is 2. The van der Waals surface area contributed by atoms with Crippen molar-refractivity contribution in [3.8, 4) is 17.3 Å². The molecule has 0 saturated carbocycles. The van der Waals surface area contributed by atoms with Gasteiger partial charge in [0.05, 0.1) is 15.6 Å². The molecule has 0 unspecified atom stereocenters. The first-order valence-corrected chi connectivity index (χ1v) is 5.01. The van der Waals surface area contributed by atoms with E-state index in [2.05, 4.69) is 4.98 Å². The van der Waals surface area contributed by atoms with Crippen LogP contribution in [0, 0.1) is 11.3 Å². The van der Waals surface area contributed by atoms with E-state index in [0.717, 1.165) is 11.3 Å². The van der Waals surface area contributed by atoms with Crippen LogP contribution in [-0.4, -0.2) is 4.98 Å². The van der Waals surface area contributed by atoms with E-state index in [-0.39, 0.29) is 0 Å². The van der Waals surface area contributed by atoms with Crippen LogP contribution in [0.15, 0.2) is 30.5 Å². The van der Waals surface area contributed by atoms with E-state index < -0.39 is 0 Å². The minimum atomic E-state index is 0.491. The van der Waals surface area contributed by atoms with Crippen LogP contribution in [0.5, 0.6) is 0 Å². The van der Waals surface area contributed by atoms with Crippen molar-refractivity contribution in [3.05, 3.63) is 46.1 Å². The van der Waals surface area contributed by atoms with E-state index >= 15 is 0 Å². The Morgan fingerprint density at radius 3 is 2.73 bits per heavy atom. The van der Waals surface area contributed by atoms with E-state index in [1.54, 1.807) is 18.3 Å². The number of benzene rings is 1. The number of H-pyrrole nitrogens is 1. The Labute approximate surface area is 97.1 Å². The topological polar surface area (TPSA) is 39.6 Å². The third kappa shape index (κ3) is 1.85. The van der Waals surface area contributed by atoms with Gasteiger partial charge >= 0.3 is 0 Å². The van der Waals surface area contributed by atoms with Gasteiger partial charge in [-0.05, 0) is 12.1 Å². The van der Waals surface area contributed by atoms with Gasteiger partial charge in [0.25, 0.3) is 0 Å². The minimum absolute atomic E-state index is 0.491. The average Bonchev–Trinajstić information content (AvgIpc) is 2.70. The molecule has 74 valence electrons. The van der Waals surface area contributed by atoms with E-state index in [9.17, 15) is 0 Å². The van der Waals surface area contributed by atoms with Crippen LogP contribution in [0.2, 0.25) is 10.0 Å². The molecule has 15 heavy (non-hydrogen) atoms. The Morgan fingerprint density at radius 2 is 2.07 bits per heavy atom. The standard InChI is InChI=1S/C11H6Cl2N2/c12-9-3-1-2-8(11(9)13)10-4-7(5-14)6-15-10/h1-4,6,15H. The molecule has 2 nitrogen and oxygen atoms in total. The van der Waals surface area contributed by atoms with Crippen LogP contribution in [0.1, 0.15) is 5.56 Å². The second-order valence-electron chi connectivity index (χ2n) is 3.02. The molecule has 0 aliphatic heterocycles. The minimum Gasteiger partial charge on any atom is -0.360 e. The maximum atomic E-state index is 8.69. The lowest BCUT2D eigenvalue weighted by Crippen LogP contribution is -1.79. The number of nitrogens with zero attached hydrogens (tertiary/aromatic N) is 1. The number of nitriles is 1. The summed E-state index contributed by atoms with van der Waals surface area (Å²) in [6, 6.07) is 9.17. The normalized spacial score (nSPS) is 9.93. The highest BCUT2D eigenvalue weighted by molar-refractivity contribution is 6.43. The highest BCUT2D eigenvalue weighted by Gasteiger charge is 2.08. The van der Waals surface area contributed by atoms with Crippen molar-refractivity contribution in [1.29, 1.82) is 5.26 Å². The van der Waals surface area contributed by atoms with E-state index in [0.29, 0.717) is 15.6 Å². The number of aromatic nitrogens is 1. The van der Waals surface area contributed by atoms with Gasteiger partial charge in [-0.1, -0.05) is 35.3 Å². The van der Waals surface area contributed by atoms with Crippen molar-refractivity contribution >= 4 is 23.2 Å². The maximum Gasteiger partial charge on any atom is 0.101 e. The molecule has 4 heteroatoms. The van der Waals surface area contributed by atoms with Gasteiger partial charge in [-0.2, -0.15) is 5.26 Å². The number of aromatic amines is 1. The predicted octanol–water partition coefficient (Wildman–Crippen LogP) is 3.86. The highest BCUT2D eigenvalue weighted by atomic mass is 35.5. The zero-order chi connectivity index (χ0) is 10.8. The van der Waals surface area contributed by atoms with Gasteiger partial charge in [0, 0.05) is 17.5 Å². The number of rotatable bonds is 1. The molecule has 0 spiro atoms. The first kappa shape index (κ1) is 10.1. The van der Waals surface area contributed by atoms with Gasteiger partial charge in [0.2, 0.25) is 0 Å². The Kier molecular flexibility index (Phi) is 2.68. The number of nitrogens with one attached hydrogen (secondary N) is 1. The first-order chi connectivity index (χ1) is 7.22. The molecule has 1 aromatic heterocycles. The van der Waals surface area contributed by atoms with Gasteiger partial charge < -0.3 is 4.98 Å². The monoisotopic (exact) mass is 236 g/mol. The predicted molar refractivity (Wildman–Crippen MR) is 61.0 cm³/mol. The van der Waals surface area contributed by atoms with Gasteiger partial charge in [0.15, 0.2) is 0 Å². The van der Waals surface area contributed by atoms with Crippen LogP contribution in [-0.2, 0) is 0 Å². The summed E-state index contributed by atoms with van der Waals surface area (Å²) in [6.07, 6.45) is 1.63. The SMILES string of the molecule is N#Cc1c[nH]c(-c2cccc(Cl)c2Cl)c1. The summed E-state index contributed by atoms with van der Waals surface area (Å²) < 4.78 is 0. The molecule has 2 rings (SSSR count). The molecule has 1 heterocycles. The van der Waals surface area contributed by atoms with Crippen molar-refractivity contribution in [3.63, 3.8) is 0 Å². The Bertz CT molecular complexity index is 538. The molecular weight excluding hydrogens is 231 g/mol. The number of hydrogen-bond donors (Lipinski definition) is 1. The summed E-state index contributed by atoms with van der Waals surface area (Å²) in [5.74, 6) is 0. The summed E-state index contributed by atoms with van der Waals surface area (Å²) >= 11 is 11.9. The maximum absolute atomic E-state index is 8.69. The molecule has 0 amide bonds. The van der Waals surface area contributed by atoms with Crippen LogP contribution in [0.3, 0.4) is 0 Å².